The second kappa shape index (κ2) is 8.78. The van der Waals surface area contributed by atoms with Gasteiger partial charge in [-0.2, -0.15) is 0 Å². The average molecular weight is 451 g/mol. The smallest absolute Gasteiger partial charge is 0.251 e. The van der Waals surface area contributed by atoms with Crippen LogP contribution in [0.3, 0.4) is 0 Å². The van der Waals surface area contributed by atoms with Gasteiger partial charge in [0.05, 0.1) is 6.04 Å². The highest BCUT2D eigenvalue weighted by Gasteiger charge is 2.30. The van der Waals surface area contributed by atoms with Crippen LogP contribution < -0.4 is 5.32 Å². The van der Waals surface area contributed by atoms with Crippen LogP contribution in [0.4, 0.5) is 0 Å². The zero-order chi connectivity index (χ0) is 20.2. The summed E-state index contributed by atoms with van der Waals surface area (Å²) in [7, 11) is 0. The Labute approximate surface area is 179 Å². The number of amides is 2. The molecule has 148 valence electrons. The van der Waals surface area contributed by atoms with Crippen molar-refractivity contribution in [2.24, 2.45) is 0 Å². The molecule has 0 radical (unpaired) electrons. The van der Waals surface area contributed by atoms with Crippen molar-refractivity contribution < 1.29 is 9.59 Å². The van der Waals surface area contributed by atoms with Gasteiger partial charge in [0, 0.05) is 29.5 Å². The van der Waals surface area contributed by atoms with Crippen LogP contribution in [0.15, 0.2) is 71.2 Å². The molecule has 5 heteroatoms. The summed E-state index contributed by atoms with van der Waals surface area (Å²) in [6, 6.07) is 21.9. The summed E-state index contributed by atoms with van der Waals surface area (Å²) in [5.74, 6) is -0.0612. The van der Waals surface area contributed by atoms with Crippen molar-refractivity contribution in [2.45, 2.75) is 25.3 Å². The standard InChI is InChI=1S/C24H23BrN2O2/c25-19-12-10-18(11-13-19)24(29)26-15-14-23(28)27-16-4-9-22(27)21-8-3-6-17-5-1-2-7-20(17)21/h1-3,5-8,10-13,22H,4,9,14-16H2,(H,26,29). The fourth-order valence-corrected chi connectivity index (χ4v) is 4.32. The lowest BCUT2D eigenvalue weighted by atomic mass is 9.97. The first-order valence-electron chi connectivity index (χ1n) is 9.94. The van der Waals surface area contributed by atoms with Gasteiger partial charge >= 0.3 is 0 Å². The Morgan fingerprint density at radius 3 is 2.59 bits per heavy atom. The Morgan fingerprint density at radius 2 is 1.76 bits per heavy atom. The quantitative estimate of drug-likeness (QED) is 0.588. The highest BCUT2D eigenvalue weighted by atomic mass is 79.9. The molecule has 1 aliphatic rings. The van der Waals surface area contributed by atoms with Gasteiger partial charge in [0.25, 0.3) is 5.91 Å². The van der Waals surface area contributed by atoms with Crippen LogP contribution in [0.2, 0.25) is 0 Å². The summed E-state index contributed by atoms with van der Waals surface area (Å²) in [5, 5.41) is 5.27. The lowest BCUT2D eigenvalue weighted by molar-refractivity contribution is -0.131. The van der Waals surface area contributed by atoms with Crippen molar-refractivity contribution >= 4 is 38.5 Å². The zero-order valence-electron chi connectivity index (χ0n) is 16.1. The average Bonchev–Trinajstić information content (AvgIpc) is 3.23. The number of rotatable bonds is 5. The maximum atomic E-state index is 12.9. The molecule has 0 bridgehead atoms. The van der Waals surface area contributed by atoms with E-state index in [-0.39, 0.29) is 17.9 Å². The molecule has 1 saturated heterocycles. The number of fused-ring (bicyclic) bond motifs is 1. The van der Waals surface area contributed by atoms with Crippen LogP contribution in [-0.2, 0) is 4.79 Å². The second-order valence-corrected chi connectivity index (χ2v) is 8.24. The van der Waals surface area contributed by atoms with Crippen LogP contribution in [-0.4, -0.2) is 29.8 Å². The number of hydrogen-bond acceptors (Lipinski definition) is 2. The third-order valence-corrected chi connectivity index (χ3v) is 6.02. The molecular weight excluding hydrogens is 428 g/mol. The highest BCUT2D eigenvalue weighted by molar-refractivity contribution is 9.10. The van der Waals surface area contributed by atoms with Gasteiger partial charge in [-0.05, 0) is 53.4 Å². The van der Waals surface area contributed by atoms with E-state index in [1.165, 1.54) is 16.3 Å². The van der Waals surface area contributed by atoms with E-state index in [9.17, 15) is 9.59 Å². The van der Waals surface area contributed by atoms with Crippen LogP contribution >= 0.6 is 15.9 Å². The van der Waals surface area contributed by atoms with E-state index in [4.69, 9.17) is 0 Å². The Kier molecular flexibility index (Phi) is 5.95. The van der Waals surface area contributed by atoms with Crippen LogP contribution in [0.1, 0.15) is 41.2 Å². The minimum atomic E-state index is -0.155. The molecule has 1 N–H and O–H groups in total. The number of benzene rings is 3. The van der Waals surface area contributed by atoms with E-state index < -0.39 is 0 Å². The number of hydrogen-bond donors (Lipinski definition) is 1. The first kappa shape index (κ1) is 19.6. The number of halogens is 1. The van der Waals surface area contributed by atoms with Crippen molar-refractivity contribution in [3.05, 3.63) is 82.3 Å². The van der Waals surface area contributed by atoms with Crippen molar-refractivity contribution in [3.8, 4) is 0 Å². The van der Waals surface area contributed by atoms with E-state index in [1.54, 1.807) is 12.1 Å². The third kappa shape index (κ3) is 4.35. The monoisotopic (exact) mass is 450 g/mol. The molecule has 2 amide bonds. The number of likely N-dealkylation sites (tertiary alicyclic amines) is 1. The maximum Gasteiger partial charge on any atom is 0.251 e. The van der Waals surface area contributed by atoms with E-state index in [0.29, 0.717) is 18.5 Å². The second-order valence-electron chi connectivity index (χ2n) is 7.33. The number of carbonyl (C=O) groups is 2. The van der Waals surface area contributed by atoms with Crippen molar-refractivity contribution in [1.82, 2.24) is 10.2 Å². The predicted molar refractivity (Wildman–Crippen MR) is 119 cm³/mol. The predicted octanol–water partition coefficient (Wildman–Crippen LogP) is 5.09. The Hall–Kier alpha value is -2.66. The molecule has 1 fully saturated rings. The van der Waals surface area contributed by atoms with Gasteiger partial charge in [-0.25, -0.2) is 0 Å². The van der Waals surface area contributed by atoms with Crippen molar-refractivity contribution in [3.63, 3.8) is 0 Å². The lowest BCUT2D eigenvalue weighted by Crippen LogP contribution is -2.34. The summed E-state index contributed by atoms with van der Waals surface area (Å²) < 4.78 is 0.928. The Morgan fingerprint density at radius 1 is 1.00 bits per heavy atom. The fourth-order valence-electron chi connectivity index (χ4n) is 4.06. The van der Waals surface area contributed by atoms with E-state index >= 15 is 0 Å². The molecular formula is C24H23BrN2O2. The molecule has 4 rings (SSSR count). The van der Waals surface area contributed by atoms with Gasteiger partial charge in [0.1, 0.15) is 0 Å². The topological polar surface area (TPSA) is 49.4 Å². The lowest BCUT2D eigenvalue weighted by Gasteiger charge is -2.26. The summed E-state index contributed by atoms with van der Waals surface area (Å²) in [5.41, 5.74) is 1.81. The largest absolute Gasteiger partial charge is 0.352 e. The van der Waals surface area contributed by atoms with Gasteiger partial charge < -0.3 is 10.2 Å². The normalized spacial score (nSPS) is 16.2. The highest BCUT2D eigenvalue weighted by Crippen LogP contribution is 2.36. The van der Waals surface area contributed by atoms with Crippen molar-refractivity contribution in [1.29, 1.82) is 0 Å². The minimum Gasteiger partial charge on any atom is -0.352 e. The number of nitrogens with one attached hydrogen (secondary N) is 1. The van der Waals surface area contributed by atoms with Crippen LogP contribution in [0.25, 0.3) is 10.8 Å². The van der Waals surface area contributed by atoms with Gasteiger partial charge in [0.2, 0.25) is 5.91 Å². The maximum absolute atomic E-state index is 12.9. The molecule has 1 heterocycles. The SMILES string of the molecule is O=C(NCCC(=O)N1CCCC1c1cccc2ccccc12)c1ccc(Br)cc1. The minimum absolute atomic E-state index is 0.0940. The summed E-state index contributed by atoms with van der Waals surface area (Å²) in [6.45, 7) is 1.11. The summed E-state index contributed by atoms with van der Waals surface area (Å²) in [4.78, 5) is 27.1. The van der Waals surface area contributed by atoms with Crippen LogP contribution in [0, 0.1) is 0 Å². The molecule has 0 saturated carbocycles. The van der Waals surface area contributed by atoms with Gasteiger partial charge in [-0.1, -0.05) is 58.4 Å². The zero-order valence-corrected chi connectivity index (χ0v) is 17.7. The Balaban J connectivity index is 1.40. The van der Waals surface area contributed by atoms with E-state index in [0.717, 1.165) is 23.9 Å². The number of nitrogens with zero attached hydrogens (tertiary/aromatic N) is 1. The molecule has 0 aromatic heterocycles. The first-order valence-corrected chi connectivity index (χ1v) is 10.7. The summed E-state index contributed by atoms with van der Waals surface area (Å²) in [6.07, 6.45) is 2.29. The molecule has 3 aromatic rings. The first-order chi connectivity index (χ1) is 14.1. The molecule has 1 unspecified atom stereocenters. The Bertz CT molecular complexity index is 1030. The number of carbonyl (C=O) groups excluding carboxylic acids is 2. The van der Waals surface area contributed by atoms with Crippen LogP contribution in [0.5, 0.6) is 0 Å². The van der Waals surface area contributed by atoms with E-state index in [2.05, 4.69) is 51.6 Å². The molecule has 1 aliphatic heterocycles. The molecule has 3 aromatic carbocycles. The summed E-state index contributed by atoms with van der Waals surface area (Å²) >= 11 is 3.36. The molecule has 4 nitrogen and oxygen atoms in total. The van der Waals surface area contributed by atoms with Gasteiger partial charge in [0.15, 0.2) is 0 Å². The van der Waals surface area contributed by atoms with Gasteiger partial charge in [-0.15, -0.1) is 0 Å². The third-order valence-electron chi connectivity index (χ3n) is 5.49. The van der Waals surface area contributed by atoms with E-state index in [1.807, 2.05) is 29.2 Å². The molecule has 29 heavy (non-hydrogen) atoms. The van der Waals surface area contributed by atoms with Gasteiger partial charge in [-0.3, -0.25) is 9.59 Å². The van der Waals surface area contributed by atoms with Crippen molar-refractivity contribution in [2.75, 3.05) is 13.1 Å². The fraction of sp³-hybridized carbons (Fsp3) is 0.250. The molecule has 1 atom stereocenters. The molecule has 0 aliphatic carbocycles. The molecule has 0 spiro atoms.